The second-order valence-corrected chi connectivity index (χ2v) is 5.41. The zero-order chi connectivity index (χ0) is 19.2. The summed E-state index contributed by atoms with van der Waals surface area (Å²) in [4.78, 5) is 24.2. The largest absolute Gasteiger partial charge is 0.481 e. The first-order valence-electron chi connectivity index (χ1n) is 7.73. The highest BCUT2D eigenvalue weighted by Crippen LogP contribution is 2.18. The highest BCUT2D eigenvalue weighted by molar-refractivity contribution is 6.04. The molecule has 2 aromatic rings. The van der Waals surface area contributed by atoms with Gasteiger partial charge in [-0.1, -0.05) is 30.3 Å². The zero-order valence-corrected chi connectivity index (χ0v) is 13.8. The maximum atomic E-state index is 12.3. The Kier molecular flexibility index (Phi) is 6.21. The number of hydrogen-bond donors (Lipinski definition) is 2. The number of hydrogen-bond acceptors (Lipinski definition) is 3. The first-order chi connectivity index (χ1) is 12.3. The van der Waals surface area contributed by atoms with Crippen LogP contribution < -0.4 is 15.4 Å². The highest BCUT2D eigenvalue weighted by atomic mass is 19.4. The van der Waals surface area contributed by atoms with Crippen molar-refractivity contribution >= 4 is 17.5 Å². The molecule has 2 amide bonds. The predicted molar refractivity (Wildman–Crippen MR) is 90.0 cm³/mol. The van der Waals surface area contributed by atoms with Gasteiger partial charge in [-0.25, -0.2) is 0 Å². The van der Waals surface area contributed by atoms with Crippen LogP contribution in [0.3, 0.4) is 0 Å². The molecular formula is C18H17F3N2O3. The lowest BCUT2D eigenvalue weighted by molar-refractivity contribution is -0.123. The molecule has 26 heavy (non-hydrogen) atoms. The lowest BCUT2D eigenvalue weighted by Gasteiger charge is -2.16. The number of halogens is 3. The quantitative estimate of drug-likeness (QED) is 0.824. The summed E-state index contributed by atoms with van der Waals surface area (Å²) in [6.07, 6.45) is -5.39. The van der Waals surface area contributed by atoms with Gasteiger partial charge in [0.1, 0.15) is 12.3 Å². The fourth-order valence-electron chi connectivity index (χ4n) is 2.06. The summed E-state index contributed by atoms with van der Waals surface area (Å²) < 4.78 is 42.2. The molecule has 0 aromatic heterocycles. The Labute approximate surface area is 148 Å². The molecule has 0 radical (unpaired) electrons. The standard InChI is InChI=1S/C18H17F3N2O3/c1-12(26-13-7-3-2-4-8-13)16(24)23-15-10-6-5-9-14(15)17(25)22-11-18(19,20)21/h2-10,12H,11H2,1H3,(H,22,25)(H,23,24). The van der Waals surface area contributed by atoms with Crippen LogP contribution in [0.1, 0.15) is 17.3 Å². The second-order valence-electron chi connectivity index (χ2n) is 5.41. The van der Waals surface area contributed by atoms with E-state index >= 15 is 0 Å². The molecule has 0 bridgehead atoms. The monoisotopic (exact) mass is 366 g/mol. The van der Waals surface area contributed by atoms with Gasteiger partial charge in [0.25, 0.3) is 11.8 Å². The average Bonchev–Trinajstić information content (AvgIpc) is 2.60. The zero-order valence-electron chi connectivity index (χ0n) is 13.8. The summed E-state index contributed by atoms with van der Waals surface area (Å²) in [6, 6.07) is 14.5. The summed E-state index contributed by atoms with van der Waals surface area (Å²) in [5.74, 6) is -0.980. The van der Waals surface area contributed by atoms with E-state index < -0.39 is 30.6 Å². The van der Waals surface area contributed by atoms with Crippen molar-refractivity contribution in [1.29, 1.82) is 0 Å². The molecule has 138 valence electrons. The first kappa shape index (κ1) is 19.3. The van der Waals surface area contributed by atoms with Gasteiger partial charge in [0.15, 0.2) is 6.10 Å². The summed E-state index contributed by atoms with van der Waals surface area (Å²) >= 11 is 0. The molecule has 0 aliphatic rings. The average molecular weight is 366 g/mol. The fourth-order valence-corrected chi connectivity index (χ4v) is 2.06. The van der Waals surface area contributed by atoms with Gasteiger partial charge in [-0.05, 0) is 31.2 Å². The topological polar surface area (TPSA) is 67.4 Å². The van der Waals surface area contributed by atoms with Crippen LogP contribution in [-0.2, 0) is 4.79 Å². The van der Waals surface area contributed by atoms with Gasteiger partial charge in [-0.15, -0.1) is 0 Å². The maximum absolute atomic E-state index is 12.3. The van der Waals surface area contributed by atoms with E-state index in [4.69, 9.17) is 4.74 Å². The van der Waals surface area contributed by atoms with E-state index in [2.05, 4.69) is 5.32 Å². The Bertz CT molecular complexity index is 764. The van der Waals surface area contributed by atoms with Crippen molar-refractivity contribution in [2.24, 2.45) is 0 Å². The third kappa shape index (κ3) is 5.80. The molecule has 0 heterocycles. The lowest BCUT2D eigenvalue weighted by atomic mass is 10.1. The van der Waals surface area contributed by atoms with Crippen LogP contribution >= 0.6 is 0 Å². The summed E-state index contributed by atoms with van der Waals surface area (Å²) in [6.45, 7) is 0.0658. The van der Waals surface area contributed by atoms with E-state index in [1.165, 1.54) is 25.1 Å². The number of ether oxygens (including phenoxy) is 1. The van der Waals surface area contributed by atoms with Crippen LogP contribution in [0.5, 0.6) is 5.75 Å². The maximum Gasteiger partial charge on any atom is 0.405 e. The molecular weight excluding hydrogens is 349 g/mol. The van der Waals surface area contributed by atoms with Crippen molar-refractivity contribution < 1.29 is 27.5 Å². The lowest BCUT2D eigenvalue weighted by Crippen LogP contribution is -2.35. The van der Waals surface area contributed by atoms with E-state index in [1.54, 1.807) is 41.7 Å². The smallest absolute Gasteiger partial charge is 0.405 e. The Hall–Kier alpha value is -3.03. The first-order valence-corrected chi connectivity index (χ1v) is 7.73. The molecule has 0 aliphatic carbocycles. The molecule has 0 saturated carbocycles. The molecule has 8 heteroatoms. The number of anilines is 1. The van der Waals surface area contributed by atoms with Crippen molar-refractivity contribution in [3.63, 3.8) is 0 Å². The molecule has 5 nitrogen and oxygen atoms in total. The minimum Gasteiger partial charge on any atom is -0.481 e. The van der Waals surface area contributed by atoms with Gasteiger partial charge < -0.3 is 15.4 Å². The van der Waals surface area contributed by atoms with Crippen LogP contribution in [0.15, 0.2) is 54.6 Å². The number of carbonyl (C=O) groups is 2. The van der Waals surface area contributed by atoms with Crippen molar-refractivity contribution in [3.8, 4) is 5.75 Å². The van der Waals surface area contributed by atoms with Crippen molar-refractivity contribution in [1.82, 2.24) is 5.32 Å². The summed E-state index contributed by atoms with van der Waals surface area (Å²) in [7, 11) is 0. The summed E-state index contributed by atoms with van der Waals surface area (Å²) in [5, 5.41) is 4.28. The van der Waals surface area contributed by atoms with Crippen LogP contribution in [-0.4, -0.2) is 30.6 Å². The van der Waals surface area contributed by atoms with Crippen molar-refractivity contribution in [3.05, 3.63) is 60.2 Å². The van der Waals surface area contributed by atoms with E-state index in [9.17, 15) is 22.8 Å². The van der Waals surface area contributed by atoms with Crippen LogP contribution in [0.25, 0.3) is 0 Å². The minimum atomic E-state index is -4.52. The van der Waals surface area contributed by atoms with E-state index in [0.717, 1.165) is 0 Å². The molecule has 0 spiro atoms. The number of benzene rings is 2. The normalized spacial score (nSPS) is 12.2. The molecule has 0 saturated heterocycles. The molecule has 1 atom stereocenters. The van der Waals surface area contributed by atoms with Gasteiger partial charge in [0.05, 0.1) is 11.3 Å². The Morgan fingerprint density at radius 3 is 2.31 bits per heavy atom. The molecule has 2 N–H and O–H groups in total. The molecule has 2 aromatic carbocycles. The van der Waals surface area contributed by atoms with Crippen LogP contribution in [0.4, 0.5) is 18.9 Å². The molecule has 0 aliphatic heterocycles. The van der Waals surface area contributed by atoms with E-state index in [1.807, 2.05) is 0 Å². The fraction of sp³-hybridized carbons (Fsp3) is 0.222. The SMILES string of the molecule is CC(Oc1ccccc1)C(=O)Nc1ccccc1C(=O)NCC(F)(F)F. The van der Waals surface area contributed by atoms with Gasteiger partial charge >= 0.3 is 6.18 Å². The van der Waals surface area contributed by atoms with Gasteiger partial charge in [-0.3, -0.25) is 9.59 Å². The summed E-state index contributed by atoms with van der Waals surface area (Å²) in [5.41, 5.74) is 0.0256. The van der Waals surface area contributed by atoms with Gasteiger partial charge in [0.2, 0.25) is 0 Å². The Balaban J connectivity index is 2.04. The third-order valence-corrected chi connectivity index (χ3v) is 3.30. The minimum absolute atomic E-state index is 0.0722. The number of para-hydroxylation sites is 2. The number of rotatable bonds is 6. The number of nitrogens with one attached hydrogen (secondary N) is 2. The highest BCUT2D eigenvalue weighted by Gasteiger charge is 2.28. The third-order valence-electron chi connectivity index (χ3n) is 3.30. The molecule has 1 unspecified atom stereocenters. The Morgan fingerprint density at radius 2 is 1.65 bits per heavy atom. The number of alkyl halides is 3. The van der Waals surface area contributed by atoms with E-state index in [-0.39, 0.29) is 11.3 Å². The molecule has 0 fully saturated rings. The van der Waals surface area contributed by atoms with Gasteiger partial charge in [0, 0.05) is 0 Å². The number of amides is 2. The molecule has 2 rings (SSSR count). The van der Waals surface area contributed by atoms with Crippen molar-refractivity contribution in [2.75, 3.05) is 11.9 Å². The number of carbonyl (C=O) groups excluding carboxylic acids is 2. The van der Waals surface area contributed by atoms with E-state index in [0.29, 0.717) is 5.75 Å². The van der Waals surface area contributed by atoms with Crippen LogP contribution in [0, 0.1) is 0 Å². The Morgan fingerprint density at radius 1 is 1.04 bits per heavy atom. The van der Waals surface area contributed by atoms with Crippen LogP contribution in [0.2, 0.25) is 0 Å². The predicted octanol–water partition coefficient (Wildman–Crippen LogP) is 3.38. The second kappa shape index (κ2) is 8.37. The van der Waals surface area contributed by atoms with Gasteiger partial charge in [-0.2, -0.15) is 13.2 Å². The van der Waals surface area contributed by atoms with Crippen molar-refractivity contribution in [2.45, 2.75) is 19.2 Å².